The minimum Gasteiger partial charge on any atom is -0.299 e. The Labute approximate surface area is 56.7 Å². The fourth-order valence-corrected chi connectivity index (χ4v) is 0.912. The third kappa shape index (κ3) is 2.05. The maximum absolute atomic E-state index is 3.06. The Balaban J connectivity index is 2.38. The second-order valence-electron chi connectivity index (χ2n) is 2.17. The number of likely N-dealkylation sites (N-methyl/N-ethyl adjacent to an activating group) is 1. The summed E-state index contributed by atoms with van der Waals surface area (Å²) in [6.07, 6.45) is 6.13. The predicted molar refractivity (Wildman–Crippen MR) is 38.1 cm³/mol. The molecule has 0 unspecified atom stereocenters. The first kappa shape index (κ1) is 6.60. The summed E-state index contributed by atoms with van der Waals surface area (Å²) in [5.41, 5.74) is 2.99. The van der Waals surface area contributed by atoms with Crippen molar-refractivity contribution in [3.8, 4) is 0 Å². The lowest BCUT2D eigenvalue weighted by Gasteiger charge is -2.14. The minimum absolute atomic E-state index is 1.03. The van der Waals surface area contributed by atoms with E-state index in [9.17, 15) is 0 Å². The van der Waals surface area contributed by atoms with Gasteiger partial charge in [0.2, 0.25) is 0 Å². The standard InChI is InChI=1S/C8H12N/c1-2-9-7-5-3-4-6-8-9/h5H,2,6-8H2,1H3. The monoisotopic (exact) mass is 122 g/mol. The van der Waals surface area contributed by atoms with Gasteiger partial charge in [-0.15, -0.1) is 5.73 Å². The van der Waals surface area contributed by atoms with E-state index in [1.807, 2.05) is 6.08 Å². The summed E-state index contributed by atoms with van der Waals surface area (Å²) in [7, 11) is 0. The highest BCUT2D eigenvalue weighted by atomic mass is 15.1. The molecule has 1 nitrogen and oxygen atoms in total. The largest absolute Gasteiger partial charge is 0.299 e. The van der Waals surface area contributed by atoms with Crippen molar-refractivity contribution in [3.05, 3.63) is 17.9 Å². The van der Waals surface area contributed by atoms with Gasteiger partial charge in [-0.05, 0) is 19.0 Å². The molecule has 1 rings (SSSR count). The molecule has 0 N–H and O–H groups in total. The second kappa shape index (κ2) is 3.49. The van der Waals surface area contributed by atoms with E-state index in [1.54, 1.807) is 0 Å². The van der Waals surface area contributed by atoms with Gasteiger partial charge in [0.1, 0.15) is 0 Å². The average Bonchev–Trinajstić information content (AvgIpc) is 2.13. The summed E-state index contributed by atoms with van der Waals surface area (Å²) in [4.78, 5) is 2.37. The van der Waals surface area contributed by atoms with Crippen LogP contribution in [0.2, 0.25) is 0 Å². The van der Waals surface area contributed by atoms with Crippen molar-refractivity contribution in [1.29, 1.82) is 0 Å². The number of hydrogen-bond acceptors (Lipinski definition) is 1. The van der Waals surface area contributed by atoms with Gasteiger partial charge in [-0.3, -0.25) is 4.90 Å². The third-order valence-electron chi connectivity index (χ3n) is 1.55. The van der Waals surface area contributed by atoms with Crippen LogP contribution in [-0.4, -0.2) is 24.5 Å². The Bertz CT molecular complexity index is 132. The van der Waals surface area contributed by atoms with Crippen LogP contribution in [0.4, 0.5) is 0 Å². The highest BCUT2D eigenvalue weighted by molar-refractivity contribution is 4.86. The topological polar surface area (TPSA) is 3.24 Å². The van der Waals surface area contributed by atoms with Crippen LogP contribution in [0.1, 0.15) is 13.3 Å². The summed E-state index contributed by atoms with van der Waals surface area (Å²) in [5.74, 6) is 0. The van der Waals surface area contributed by atoms with Crippen LogP contribution in [0.5, 0.6) is 0 Å². The highest BCUT2D eigenvalue weighted by Gasteiger charge is 1.98. The van der Waals surface area contributed by atoms with E-state index >= 15 is 0 Å². The zero-order valence-electron chi connectivity index (χ0n) is 5.85. The molecule has 0 spiro atoms. The van der Waals surface area contributed by atoms with Crippen molar-refractivity contribution in [3.63, 3.8) is 0 Å². The van der Waals surface area contributed by atoms with Gasteiger partial charge in [-0.1, -0.05) is 6.92 Å². The smallest absolute Gasteiger partial charge is 0.0238 e. The van der Waals surface area contributed by atoms with Crippen LogP contribution >= 0.6 is 0 Å². The summed E-state index contributed by atoms with van der Waals surface area (Å²) in [6.45, 7) is 5.50. The number of hydrogen-bond donors (Lipinski definition) is 0. The molecule has 0 aromatic rings. The van der Waals surface area contributed by atoms with Crippen LogP contribution in [0.25, 0.3) is 0 Å². The van der Waals surface area contributed by atoms with E-state index in [0.717, 1.165) is 26.1 Å². The summed E-state index contributed by atoms with van der Waals surface area (Å²) in [6, 6.07) is 0. The van der Waals surface area contributed by atoms with Crippen LogP contribution in [0, 0.1) is 6.08 Å². The second-order valence-corrected chi connectivity index (χ2v) is 2.17. The number of nitrogens with zero attached hydrogens (tertiary/aromatic N) is 1. The quantitative estimate of drug-likeness (QED) is 0.473. The van der Waals surface area contributed by atoms with Gasteiger partial charge >= 0.3 is 0 Å². The van der Waals surface area contributed by atoms with Crippen molar-refractivity contribution < 1.29 is 0 Å². The molecule has 0 bridgehead atoms. The van der Waals surface area contributed by atoms with Crippen LogP contribution in [-0.2, 0) is 0 Å². The van der Waals surface area contributed by atoms with Crippen molar-refractivity contribution in [2.45, 2.75) is 13.3 Å². The van der Waals surface area contributed by atoms with Crippen molar-refractivity contribution in [2.75, 3.05) is 19.6 Å². The lowest BCUT2D eigenvalue weighted by molar-refractivity contribution is 0.327. The van der Waals surface area contributed by atoms with Gasteiger partial charge in [0.15, 0.2) is 0 Å². The summed E-state index contributed by atoms with van der Waals surface area (Å²) >= 11 is 0. The summed E-state index contributed by atoms with van der Waals surface area (Å²) in [5, 5.41) is 0. The fourth-order valence-electron chi connectivity index (χ4n) is 0.912. The van der Waals surface area contributed by atoms with E-state index in [0.29, 0.717) is 0 Å². The molecule has 0 aliphatic carbocycles. The molecule has 1 aliphatic rings. The molecule has 0 saturated carbocycles. The molecule has 1 heterocycles. The van der Waals surface area contributed by atoms with E-state index in [1.165, 1.54) is 0 Å². The van der Waals surface area contributed by atoms with Gasteiger partial charge in [-0.25, -0.2) is 0 Å². The molecule has 0 aromatic heterocycles. The van der Waals surface area contributed by atoms with Crippen molar-refractivity contribution in [2.24, 2.45) is 0 Å². The molecule has 0 aromatic carbocycles. The maximum Gasteiger partial charge on any atom is 0.0238 e. The Hall–Kier alpha value is -0.520. The van der Waals surface area contributed by atoms with Gasteiger partial charge < -0.3 is 0 Å². The molecule has 0 amide bonds. The molecular formula is C8H12N. The molecule has 1 radical (unpaired) electrons. The first-order valence-electron chi connectivity index (χ1n) is 3.46. The normalized spacial score (nSPS) is 20.1. The first-order chi connectivity index (χ1) is 4.43. The SMILES string of the molecule is CCN1CC=C=[C]CC1. The number of rotatable bonds is 1. The first-order valence-corrected chi connectivity index (χ1v) is 3.46. The van der Waals surface area contributed by atoms with Gasteiger partial charge in [-0.2, -0.15) is 0 Å². The molecule has 0 fully saturated rings. The Morgan fingerprint density at radius 3 is 3.33 bits per heavy atom. The van der Waals surface area contributed by atoms with Crippen LogP contribution in [0.3, 0.4) is 0 Å². The van der Waals surface area contributed by atoms with E-state index in [4.69, 9.17) is 0 Å². The Kier molecular flexibility index (Phi) is 2.56. The Morgan fingerprint density at radius 1 is 1.67 bits per heavy atom. The molecule has 0 atom stereocenters. The molecule has 9 heavy (non-hydrogen) atoms. The van der Waals surface area contributed by atoms with Crippen molar-refractivity contribution in [1.82, 2.24) is 4.90 Å². The highest BCUT2D eigenvalue weighted by Crippen LogP contribution is 1.94. The zero-order chi connectivity index (χ0) is 6.53. The summed E-state index contributed by atoms with van der Waals surface area (Å²) < 4.78 is 0. The van der Waals surface area contributed by atoms with Gasteiger partial charge in [0.05, 0.1) is 0 Å². The predicted octanol–water partition coefficient (Wildman–Crippen LogP) is 1.23. The molecule has 1 heteroatoms. The van der Waals surface area contributed by atoms with Crippen LogP contribution in [0.15, 0.2) is 11.8 Å². The molecule has 49 valence electrons. The molecular weight excluding hydrogens is 110 g/mol. The van der Waals surface area contributed by atoms with Crippen molar-refractivity contribution >= 4 is 0 Å². The third-order valence-corrected chi connectivity index (χ3v) is 1.55. The van der Waals surface area contributed by atoms with Crippen LogP contribution < -0.4 is 0 Å². The molecule has 0 saturated heterocycles. The minimum atomic E-state index is 1.03. The van der Waals surface area contributed by atoms with Gasteiger partial charge in [0, 0.05) is 19.2 Å². The molecule has 1 aliphatic heterocycles. The lowest BCUT2D eigenvalue weighted by Crippen LogP contribution is -2.23. The average molecular weight is 122 g/mol. The maximum atomic E-state index is 3.06. The fraction of sp³-hybridized carbons (Fsp3) is 0.625. The van der Waals surface area contributed by atoms with E-state index in [2.05, 4.69) is 23.6 Å². The van der Waals surface area contributed by atoms with E-state index in [-0.39, 0.29) is 0 Å². The zero-order valence-corrected chi connectivity index (χ0v) is 5.85. The Morgan fingerprint density at radius 2 is 2.56 bits per heavy atom. The van der Waals surface area contributed by atoms with Gasteiger partial charge in [0.25, 0.3) is 0 Å². The lowest BCUT2D eigenvalue weighted by atomic mass is 10.4. The van der Waals surface area contributed by atoms with E-state index < -0.39 is 0 Å².